The van der Waals surface area contributed by atoms with Crippen LogP contribution in [-0.4, -0.2) is 8.97 Å². The van der Waals surface area contributed by atoms with E-state index in [1.165, 1.54) is 21.8 Å². The van der Waals surface area contributed by atoms with E-state index in [0.717, 1.165) is 54.8 Å². The molecular formula is C37H22N2O. The molecule has 3 heterocycles. The smallest absolute Gasteiger partial charge is 0.263 e. The van der Waals surface area contributed by atoms with Crippen LogP contribution in [-0.2, 0) is 0 Å². The van der Waals surface area contributed by atoms with Crippen molar-refractivity contribution in [2.75, 3.05) is 0 Å². The molecule has 186 valence electrons. The molecule has 9 aromatic rings. The van der Waals surface area contributed by atoms with Crippen LogP contribution in [0.1, 0.15) is 0 Å². The van der Waals surface area contributed by atoms with Crippen molar-refractivity contribution in [3.8, 4) is 16.8 Å². The molecule has 3 nitrogen and oxygen atoms in total. The topological polar surface area (TPSA) is 26.4 Å². The summed E-state index contributed by atoms with van der Waals surface area (Å²) in [5, 5.41) is 7.58. The first kappa shape index (κ1) is 21.5. The molecule has 0 spiro atoms. The van der Waals surface area contributed by atoms with Crippen LogP contribution in [0.3, 0.4) is 0 Å². The fraction of sp³-hybridized carbons (Fsp3) is 0. The van der Waals surface area contributed by atoms with Crippen molar-refractivity contribution in [1.29, 1.82) is 0 Å². The van der Waals surface area contributed by atoms with Crippen molar-refractivity contribution in [3.63, 3.8) is 0 Å². The first-order valence-corrected chi connectivity index (χ1v) is 13.6. The summed E-state index contributed by atoms with van der Waals surface area (Å²) in [7, 11) is 0. The third-order valence-corrected chi connectivity index (χ3v) is 8.46. The zero-order valence-electron chi connectivity index (χ0n) is 21.5. The fourth-order valence-corrected chi connectivity index (χ4v) is 6.73. The summed E-state index contributed by atoms with van der Waals surface area (Å²) in [5.41, 5.74) is 7.78. The van der Waals surface area contributed by atoms with Gasteiger partial charge >= 0.3 is 0 Å². The second-order valence-electron chi connectivity index (χ2n) is 10.5. The normalized spacial score (nSPS) is 12.1. The summed E-state index contributed by atoms with van der Waals surface area (Å²) < 4.78 is 4.25. The Morgan fingerprint density at radius 3 is 1.73 bits per heavy atom. The van der Waals surface area contributed by atoms with E-state index in [-0.39, 0.29) is 5.56 Å². The van der Waals surface area contributed by atoms with Crippen molar-refractivity contribution in [3.05, 3.63) is 144 Å². The Morgan fingerprint density at radius 2 is 0.975 bits per heavy atom. The molecule has 0 saturated carbocycles. The average molecular weight is 511 g/mol. The van der Waals surface area contributed by atoms with Gasteiger partial charge in [0.25, 0.3) is 5.56 Å². The zero-order chi connectivity index (χ0) is 26.4. The SMILES string of the molecule is O=c1c2ccccc2c2cccc3c4cc(-c5cccc(-n6c7ccccc7c7ccccc76)c5)ccc4n1c23. The van der Waals surface area contributed by atoms with Gasteiger partial charge < -0.3 is 4.57 Å². The summed E-state index contributed by atoms with van der Waals surface area (Å²) in [6.07, 6.45) is 0. The van der Waals surface area contributed by atoms with Gasteiger partial charge in [0, 0.05) is 38.0 Å². The Labute approximate surface area is 229 Å². The number of pyridine rings is 1. The lowest BCUT2D eigenvalue weighted by Crippen LogP contribution is -2.12. The van der Waals surface area contributed by atoms with E-state index < -0.39 is 0 Å². The monoisotopic (exact) mass is 510 g/mol. The molecule has 0 radical (unpaired) electrons. The van der Waals surface area contributed by atoms with Crippen LogP contribution in [0.4, 0.5) is 0 Å². The highest BCUT2D eigenvalue weighted by Crippen LogP contribution is 2.37. The molecule has 0 fully saturated rings. The van der Waals surface area contributed by atoms with Gasteiger partial charge in [-0.3, -0.25) is 9.20 Å². The highest BCUT2D eigenvalue weighted by atomic mass is 16.1. The molecule has 40 heavy (non-hydrogen) atoms. The third-order valence-electron chi connectivity index (χ3n) is 8.46. The molecule has 3 heteroatoms. The molecule has 0 saturated heterocycles. The number of aromatic nitrogens is 2. The van der Waals surface area contributed by atoms with Gasteiger partial charge in [0.1, 0.15) is 0 Å². The average Bonchev–Trinajstić information content (AvgIpc) is 3.53. The van der Waals surface area contributed by atoms with E-state index in [0.29, 0.717) is 0 Å². The maximum absolute atomic E-state index is 13.7. The number of benzene rings is 6. The van der Waals surface area contributed by atoms with E-state index in [1.54, 1.807) is 0 Å². The maximum atomic E-state index is 13.7. The predicted octanol–water partition coefficient (Wildman–Crippen LogP) is 8.96. The van der Waals surface area contributed by atoms with Gasteiger partial charge in [0.05, 0.1) is 22.1 Å². The summed E-state index contributed by atoms with van der Waals surface area (Å²) in [5.74, 6) is 0. The molecule has 0 aliphatic carbocycles. The minimum absolute atomic E-state index is 0.0374. The molecule has 0 aliphatic heterocycles. The van der Waals surface area contributed by atoms with Gasteiger partial charge in [-0.15, -0.1) is 0 Å². The zero-order valence-corrected chi connectivity index (χ0v) is 21.5. The highest BCUT2D eigenvalue weighted by molar-refractivity contribution is 6.20. The fourth-order valence-electron chi connectivity index (χ4n) is 6.73. The van der Waals surface area contributed by atoms with Gasteiger partial charge in [-0.2, -0.15) is 0 Å². The summed E-state index contributed by atoms with van der Waals surface area (Å²) >= 11 is 0. The number of para-hydroxylation sites is 3. The number of hydrogen-bond acceptors (Lipinski definition) is 1. The Balaban J connectivity index is 1.30. The quantitative estimate of drug-likeness (QED) is 0.213. The lowest BCUT2D eigenvalue weighted by molar-refractivity contribution is 1.18. The minimum Gasteiger partial charge on any atom is -0.309 e. The van der Waals surface area contributed by atoms with Gasteiger partial charge in [0.15, 0.2) is 0 Å². The van der Waals surface area contributed by atoms with E-state index in [9.17, 15) is 4.79 Å². The maximum Gasteiger partial charge on any atom is 0.263 e. The largest absolute Gasteiger partial charge is 0.309 e. The molecule has 0 N–H and O–H groups in total. The lowest BCUT2D eigenvalue weighted by atomic mass is 10.0. The Kier molecular flexibility index (Phi) is 4.20. The number of hydrogen-bond donors (Lipinski definition) is 0. The van der Waals surface area contributed by atoms with E-state index in [2.05, 4.69) is 120 Å². The van der Waals surface area contributed by atoms with Crippen LogP contribution in [0.25, 0.3) is 76.6 Å². The van der Waals surface area contributed by atoms with Crippen molar-refractivity contribution in [2.45, 2.75) is 0 Å². The van der Waals surface area contributed by atoms with Crippen molar-refractivity contribution < 1.29 is 0 Å². The van der Waals surface area contributed by atoms with Crippen LogP contribution in [0.2, 0.25) is 0 Å². The van der Waals surface area contributed by atoms with Crippen molar-refractivity contribution in [2.24, 2.45) is 0 Å². The Bertz CT molecular complexity index is 2460. The number of fused-ring (bicyclic) bond motifs is 8. The van der Waals surface area contributed by atoms with Crippen LogP contribution in [0.5, 0.6) is 0 Å². The van der Waals surface area contributed by atoms with Crippen molar-refractivity contribution in [1.82, 2.24) is 8.97 Å². The van der Waals surface area contributed by atoms with E-state index >= 15 is 0 Å². The van der Waals surface area contributed by atoms with Crippen LogP contribution in [0.15, 0.2) is 138 Å². The first-order valence-electron chi connectivity index (χ1n) is 13.6. The summed E-state index contributed by atoms with van der Waals surface area (Å²) in [4.78, 5) is 13.7. The molecule has 3 aromatic heterocycles. The van der Waals surface area contributed by atoms with Gasteiger partial charge in [-0.1, -0.05) is 91.0 Å². The minimum atomic E-state index is 0.0374. The predicted molar refractivity (Wildman–Crippen MR) is 167 cm³/mol. The highest BCUT2D eigenvalue weighted by Gasteiger charge is 2.18. The number of nitrogens with zero attached hydrogens (tertiary/aromatic N) is 2. The first-order chi connectivity index (χ1) is 19.8. The summed E-state index contributed by atoms with van der Waals surface area (Å²) in [6.45, 7) is 0. The second-order valence-corrected chi connectivity index (χ2v) is 10.5. The standard InChI is InChI=1S/C37H22N2O/c40-37-31-14-2-1-11-26(31)29-15-8-16-30-32-22-24(19-20-35(32)39(37)36(29)30)23-9-7-10-25(21-23)38-33-17-5-3-12-27(33)28-13-4-6-18-34(28)38/h1-22H. The van der Waals surface area contributed by atoms with Gasteiger partial charge in [-0.05, 0) is 59.0 Å². The Hall–Kier alpha value is -5.41. The third kappa shape index (κ3) is 2.76. The lowest BCUT2D eigenvalue weighted by Gasteiger charge is -2.10. The molecule has 6 aromatic carbocycles. The van der Waals surface area contributed by atoms with Crippen LogP contribution in [0, 0.1) is 0 Å². The number of rotatable bonds is 2. The van der Waals surface area contributed by atoms with Crippen LogP contribution < -0.4 is 5.56 Å². The van der Waals surface area contributed by atoms with Gasteiger partial charge in [-0.25, -0.2) is 0 Å². The van der Waals surface area contributed by atoms with Gasteiger partial charge in [0.2, 0.25) is 0 Å². The molecular weight excluding hydrogens is 488 g/mol. The van der Waals surface area contributed by atoms with Crippen molar-refractivity contribution >= 4 is 59.8 Å². The molecule has 9 rings (SSSR count). The van der Waals surface area contributed by atoms with E-state index in [1.807, 2.05) is 22.6 Å². The Morgan fingerprint density at radius 1 is 0.400 bits per heavy atom. The van der Waals surface area contributed by atoms with E-state index in [4.69, 9.17) is 0 Å². The molecule has 0 aliphatic rings. The molecule has 0 amide bonds. The molecule has 0 bridgehead atoms. The molecule has 0 atom stereocenters. The van der Waals surface area contributed by atoms with Crippen LogP contribution >= 0.6 is 0 Å². The second kappa shape index (κ2) is 7.81. The summed E-state index contributed by atoms with van der Waals surface area (Å²) in [6, 6.07) is 46.7. The molecule has 0 unspecified atom stereocenters.